The Morgan fingerprint density at radius 2 is 1.75 bits per heavy atom. The number of aromatic nitrogens is 1. The van der Waals surface area contributed by atoms with Crippen molar-refractivity contribution in [3.8, 4) is 5.75 Å². The summed E-state index contributed by atoms with van der Waals surface area (Å²) in [5.74, 6) is -1.02. The fourth-order valence-electron chi connectivity index (χ4n) is 4.37. The number of benzene rings is 2. The Balaban J connectivity index is 1.78. The molecule has 2 aromatic carbocycles. The van der Waals surface area contributed by atoms with Crippen LogP contribution in [0.15, 0.2) is 66.7 Å². The first-order valence-corrected chi connectivity index (χ1v) is 12.1. The van der Waals surface area contributed by atoms with E-state index in [2.05, 4.69) is 15.6 Å². The molecule has 0 fully saturated rings. The van der Waals surface area contributed by atoms with Gasteiger partial charge < -0.3 is 27.2 Å². The summed E-state index contributed by atoms with van der Waals surface area (Å²) >= 11 is 0. The number of amides is 2. The van der Waals surface area contributed by atoms with E-state index >= 15 is 0 Å². The highest BCUT2D eigenvalue weighted by molar-refractivity contribution is 5.92. The summed E-state index contributed by atoms with van der Waals surface area (Å²) in [6, 6.07) is 20.3. The van der Waals surface area contributed by atoms with Crippen molar-refractivity contribution >= 4 is 17.6 Å². The SMILES string of the molecule is Cc1nc(N)ccc1CNC(=O)[C@@H](C)C(CCc1ccccc1)(NCCc1cccc(O)c1)C(N)=O. The number of pyridine rings is 1. The molecule has 0 saturated carbocycles. The van der Waals surface area contributed by atoms with E-state index in [1.165, 1.54) is 0 Å². The van der Waals surface area contributed by atoms with Crippen LogP contribution in [0.5, 0.6) is 5.75 Å². The molecule has 2 atom stereocenters. The smallest absolute Gasteiger partial charge is 0.238 e. The van der Waals surface area contributed by atoms with Crippen LogP contribution < -0.4 is 22.1 Å². The number of nitrogens with one attached hydrogen (secondary N) is 2. The lowest BCUT2D eigenvalue weighted by atomic mass is 9.78. The number of carbonyl (C=O) groups excluding carboxylic acids is 2. The van der Waals surface area contributed by atoms with Crippen molar-refractivity contribution in [2.24, 2.45) is 11.7 Å². The summed E-state index contributed by atoms with van der Waals surface area (Å²) in [5, 5.41) is 16.0. The van der Waals surface area contributed by atoms with Gasteiger partial charge in [-0.25, -0.2) is 4.98 Å². The van der Waals surface area contributed by atoms with Crippen LogP contribution in [-0.2, 0) is 29.0 Å². The number of phenols is 1. The Labute approximate surface area is 212 Å². The van der Waals surface area contributed by atoms with E-state index < -0.39 is 17.4 Å². The molecule has 7 N–H and O–H groups in total. The van der Waals surface area contributed by atoms with Crippen LogP contribution in [0.25, 0.3) is 0 Å². The fraction of sp³-hybridized carbons (Fsp3) is 0.321. The minimum atomic E-state index is -1.27. The highest BCUT2D eigenvalue weighted by Crippen LogP contribution is 2.25. The fourth-order valence-corrected chi connectivity index (χ4v) is 4.37. The highest BCUT2D eigenvalue weighted by atomic mass is 16.3. The number of nitrogens with two attached hydrogens (primary N) is 2. The van der Waals surface area contributed by atoms with Crippen LogP contribution in [0.1, 0.15) is 35.7 Å². The molecule has 190 valence electrons. The van der Waals surface area contributed by atoms with Gasteiger partial charge in [0, 0.05) is 18.8 Å². The van der Waals surface area contributed by atoms with Crippen molar-refractivity contribution in [2.45, 2.75) is 45.2 Å². The van der Waals surface area contributed by atoms with Crippen molar-refractivity contribution < 1.29 is 14.7 Å². The Bertz CT molecular complexity index is 1180. The molecule has 2 amide bonds. The van der Waals surface area contributed by atoms with E-state index in [-0.39, 0.29) is 18.2 Å². The number of nitrogen functional groups attached to an aromatic ring is 1. The van der Waals surface area contributed by atoms with Crippen molar-refractivity contribution in [1.82, 2.24) is 15.6 Å². The molecule has 0 aliphatic heterocycles. The summed E-state index contributed by atoms with van der Waals surface area (Å²) in [6.07, 6.45) is 1.48. The normalized spacial score (nSPS) is 13.5. The largest absolute Gasteiger partial charge is 0.508 e. The zero-order chi connectivity index (χ0) is 26.1. The van der Waals surface area contributed by atoms with Gasteiger partial charge in [0.2, 0.25) is 11.8 Å². The number of hydrogen-bond donors (Lipinski definition) is 5. The lowest BCUT2D eigenvalue weighted by Crippen LogP contribution is -2.63. The zero-order valence-corrected chi connectivity index (χ0v) is 20.8. The number of nitrogens with zero attached hydrogens (tertiary/aromatic N) is 1. The lowest BCUT2D eigenvalue weighted by molar-refractivity contribution is -0.136. The van der Waals surface area contributed by atoms with E-state index in [0.717, 1.165) is 22.4 Å². The third-order valence-electron chi connectivity index (χ3n) is 6.66. The number of aromatic hydroxyl groups is 1. The van der Waals surface area contributed by atoms with Crippen molar-refractivity contribution in [3.05, 3.63) is 89.1 Å². The van der Waals surface area contributed by atoms with Gasteiger partial charge >= 0.3 is 0 Å². The molecule has 1 aromatic heterocycles. The van der Waals surface area contributed by atoms with Gasteiger partial charge in [-0.05, 0) is 61.1 Å². The molecule has 0 spiro atoms. The maximum atomic E-state index is 13.3. The number of phenolic OH excluding ortho intramolecular Hbond substituents is 1. The molecular formula is C28H35N5O3. The first-order valence-electron chi connectivity index (χ1n) is 12.1. The van der Waals surface area contributed by atoms with Crippen LogP contribution >= 0.6 is 0 Å². The van der Waals surface area contributed by atoms with E-state index in [0.29, 0.717) is 31.6 Å². The molecule has 1 heterocycles. The molecule has 8 nitrogen and oxygen atoms in total. The first kappa shape index (κ1) is 26.7. The van der Waals surface area contributed by atoms with Crippen LogP contribution in [0.2, 0.25) is 0 Å². The Morgan fingerprint density at radius 1 is 1.03 bits per heavy atom. The average molecular weight is 490 g/mol. The molecule has 0 aliphatic carbocycles. The molecule has 0 saturated heterocycles. The highest BCUT2D eigenvalue weighted by Gasteiger charge is 2.44. The number of hydrogen-bond acceptors (Lipinski definition) is 6. The van der Waals surface area contributed by atoms with E-state index in [4.69, 9.17) is 11.5 Å². The summed E-state index contributed by atoms with van der Waals surface area (Å²) in [6.45, 7) is 4.22. The third kappa shape index (κ3) is 6.82. The first-order chi connectivity index (χ1) is 17.2. The minimum absolute atomic E-state index is 0.179. The van der Waals surface area contributed by atoms with Gasteiger partial charge in [0.15, 0.2) is 0 Å². The molecule has 1 unspecified atom stereocenters. The van der Waals surface area contributed by atoms with E-state index in [9.17, 15) is 14.7 Å². The molecule has 36 heavy (non-hydrogen) atoms. The van der Waals surface area contributed by atoms with Gasteiger partial charge in [0.05, 0.1) is 5.92 Å². The Morgan fingerprint density at radius 3 is 2.42 bits per heavy atom. The van der Waals surface area contributed by atoms with E-state index in [1.54, 1.807) is 31.2 Å². The maximum absolute atomic E-state index is 13.3. The third-order valence-corrected chi connectivity index (χ3v) is 6.66. The average Bonchev–Trinajstić information content (AvgIpc) is 2.85. The second kappa shape index (κ2) is 12.2. The topological polar surface area (TPSA) is 143 Å². The molecule has 0 bridgehead atoms. The van der Waals surface area contributed by atoms with Gasteiger partial charge in [-0.1, -0.05) is 55.5 Å². The number of anilines is 1. The van der Waals surface area contributed by atoms with Gasteiger partial charge in [-0.15, -0.1) is 0 Å². The molecule has 3 rings (SSSR count). The van der Waals surface area contributed by atoms with Gasteiger partial charge in [0.1, 0.15) is 17.1 Å². The van der Waals surface area contributed by atoms with Crippen molar-refractivity contribution in [3.63, 3.8) is 0 Å². The van der Waals surface area contributed by atoms with Crippen LogP contribution in [-0.4, -0.2) is 34.0 Å². The maximum Gasteiger partial charge on any atom is 0.238 e. The van der Waals surface area contributed by atoms with Crippen molar-refractivity contribution in [2.75, 3.05) is 12.3 Å². The van der Waals surface area contributed by atoms with Crippen LogP contribution in [0.4, 0.5) is 5.82 Å². The lowest BCUT2D eigenvalue weighted by Gasteiger charge is -2.37. The zero-order valence-electron chi connectivity index (χ0n) is 20.8. The Kier molecular flexibility index (Phi) is 9.02. The molecule has 0 radical (unpaired) electrons. The number of carbonyl (C=O) groups is 2. The Hall–Kier alpha value is -3.91. The summed E-state index contributed by atoms with van der Waals surface area (Å²) in [7, 11) is 0. The van der Waals surface area contributed by atoms with Gasteiger partial charge in [-0.2, -0.15) is 0 Å². The van der Waals surface area contributed by atoms with Crippen LogP contribution in [0, 0.1) is 12.8 Å². The predicted molar refractivity (Wildman–Crippen MR) is 141 cm³/mol. The van der Waals surface area contributed by atoms with Gasteiger partial charge in [0.25, 0.3) is 0 Å². The van der Waals surface area contributed by atoms with Gasteiger partial charge in [-0.3, -0.25) is 9.59 Å². The predicted octanol–water partition coefficient (Wildman–Crippen LogP) is 2.62. The van der Waals surface area contributed by atoms with Crippen molar-refractivity contribution in [1.29, 1.82) is 0 Å². The van der Waals surface area contributed by atoms with E-state index in [1.807, 2.05) is 49.4 Å². The summed E-state index contributed by atoms with van der Waals surface area (Å²) in [4.78, 5) is 30.5. The minimum Gasteiger partial charge on any atom is -0.508 e. The number of rotatable bonds is 12. The number of primary amides is 1. The summed E-state index contributed by atoms with van der Waals surface area (Å²) < 4.78 is 0. The standard InChI is InChI=1S/C28H35N5O3/c1-19(26(35)31-18-23-11-12-25(29)33-20(23)2)28(27(30)36,15-13-21-7-4-3-5-8-21)32-16-14-22-9-6-10-24(34)17-22/h3-12,17,19,32,34H,13-16,18H2,1-2H3,(H2,29,33)(H2,30,36)(H,31,35)/t19-,28?/m1/s1. The second-order valence-electron chi connectivity index (χ2n) is 9.09. The molecule has 3 aromatic rings. The van der Waals surface area contributed by atoms with Crippen LogP contribution in [0.3, 0.4) is 0 Å². The molecular weight excluding hydrogens is 454 g/mol. The monoisotopic (exact) mass is 489 g/mol. The quantitative estimate of drug-likeness (QED) is 0.265. The summed E-state index contributed by atoms with van der Waals surface area (Å²) in [5.41, 5.74) is 14.0. The molecule has 0 aliphatic rings. The number of aryl methyl sites for hydroxylation is 2. The second-order valence-corrected chi connectivity index (χ2v) is 9.09. The molecule has 8 heteroatoms.